The van der Waals surface area contributed by atoms with E-state index in [4.69, 9.17) is 0 Å². The quantitative estimate of drug-likeness (QED) is 0.282. The van der Waals surface area contributed by atoms with Crippen LogP contribution in [-0.2, 0) is 20.8 Å². The molecule has 0 saturated carbocycles. The minimum atomic E-state index is -1.13. The molecule has 10 heteroatoms. The summed E-state index contributed by atoms with van der Waals surface area (Å²) in [6, 6.07) is 18.3. The Bertz CT molecular complexity index is 1320. The van der Waals surface area contributed by atoms with Gasteiger partial charge in [0.15, 0.2) is 5.82 Å². The molecule has 1 atom stereocenters. The van der Waals surface area contributed by atoms with E-state index < -0.39 is 23.6 Å². The van der Waals surface area contributed by atoms with Gasteiger partial charge >= 0.3 is 5.91 Å². The van der Waals surface area contributed by atoms with Gasteiger partial charge in [-0.3, -0.25) is 24.2 Å². The van der Waals surface area contributed by atoms with E-state index in [1.54, 1.807) is 42.7 Å². The van der Waals surface area contributed by atoms with Crippen molar-refractivity contribution in [2.45, 2.75) is 12.5 Å². The Hall–Kier alpha value is -4.70. The summed E-state index contributed by atoms with van der Waals surface area (Å²) in [5.74, 6) is -2.12. The second kappa shape index (κ2) is 10.9. The summed E-state index contributed by atoms with van der Waals surface area (Å²) in [4.78, 5) is 51.4. The van der Waals surface area contributed by atoms with Crippen molar-refractivity contribution in [2.24, 2.45) is 0 Å². The van der Waals surface area contributed by atoms with Gasteiger partial charge in [0.1, 0.15) is 11.7 Å². The molecule has 4 aromatic rings. The van der Waals surface area contributed by atoms with Crippen LogP contribution >= 0.6 is 0 Å². The predicted octanol–water partition coefficient (Wildman–Crippen LogP) is 1.92. The minimum Gasteiger partial charge on any atom is -0.341 e. The number of amides is 2. The standard InChI is InChI=1S/C25H22N6O4/c1-35-30-25(34)22(32)21(16-17-8-3-2-4-9-17)28-24(33)18-10-7-14-27-23(18)31-15-12-20(29-31)19-11-5-6-13-26-19/h2-15,21H,16H2,1H3,(H,28,33)(H,30,34). The molecule has 0 saturated heterocycles. The number of hydrogen-bond acceptors (Lipinski definition) is 7. The normalized spacial score (nSPS) is 11.5. The van der Waals surface area contributed by atoms with Gasteiger partial charge in [0.05, 0.1) is 18.4 Å². The Morgan fingerprint density at radius 1 is 0.914 bits per heavy atom. The van der Waals surface area contributed by atoms with Gasteiger partial charge in [-0.1, -0.05) is 36.4 Å². The van der Waals surface area contributed by atoms with E-state index in [1.807, 2.05) is 41.9 Å². The number of hydrogen-bond donors (Lipinski definition) is 2. The molecule has 176 valence electrons. The fourth-order valence-corrected chi connectivity index (χ4v) is 3.45. The van der Waals surface area contributed by atoms with Crippen LogP contribution in [0.25, 0.3) is 17.2 Å². The highest BCUT2D eigenvalue weighted by Gasteiger charge is 2.29. The zero-order chi connectivity index (χ0) is 24.6. The van der Waals surface area contributed by atoms with Crippen LogP contribution in [0.15, 0.2) is 85.3 Å². The van der Waals surface area contributed by atoms with Crippen molar-refractivity contribution in [2.75, 3.05) is 7.11 Å². The largest absolute Gasteiger partial charge is 0.341 e. The Kier molecular flexibility index (Phi) is 7.34. The summed E-state index contributed by atoms with van der Waals surface area (Å²) in [5.41, 5.74) is 4.24. The second-order valence-electron chi connectivity index (χ2n) is 7.45. The molecule has 0 radical (unpaired) electrons. The number of carbonyl (C=O) groups is 3. The molecule has 2 amide bonds. The number of Topliss-reactive ketones (excluding diaryl/α,β-unsaturated/α-hetero) is 1. The molecule has 2 N–H and O–H groups in total. The van der Waals surface area contributed by atoms with Crippen molar-refractivity contribution >= 4 is 17.6 Å². The third kappa shape index (κ3) is 5.63. The van der Waals surface area contributed by atoms with Crippen LogP contribution in [0, 0.1) is 0 Å². The van der Waals surface area contributed by atoms with Crippen LogP contribution < -0.4 is 10.8 Å². The number of benzene rings is 1. The Balaban J connectivity index is 1.61. The summed E-state index contributed by atoms with van der Waals surface area (Å²) in [6.45, 7) is 0. The molecule has 3 aromatic heterocycles. The van der Waals surface area contributed by atoms with Crippen molar-refractivity contribution in [1.29, 1.82) is 0 Å². The molecule has 1 unspecified atom stereocenters. The van der Waals surface area contributed by atoms with E-state index in [-0.39, 0.29) is 17.8 Å². The number of hydroxylamine groups is 1. The van der Waals surface area contributed by atoms with Crippen LogP contribution in [0.4, 0.5) is 0 Å². The monoisotopic (exact) mass is 470 g/mol. The first-order valence-corrected chi connectivity index (χ1v) is 10.7. The molecule has 10 nitrogen and oxygen atoms in total. The van der Waals surface area contributed by atoms with Gasteiger partial charge in [-0.05, 0) is 35.9 Å². The first kappa shape index (κ1) is 23.5. The van der Waals surface area contributed by atoms with Crippen LogP contribution in [0.5, 0.6) is 0 Å². The minimum absolute atomic E-state index is 0.115. The van der Waals surface area contributed by atoms with Crippen molar-refractivity contribution in [3.05, 3.63) is 96.4 Å². The summed E-state index contributed by atoms with van der Waals surface area (Å²) >= 11 is 0. The summed E-state index contributed by atoms with van der Waals surface area (Å²) in [7, 11) is 1.22. The topological polar surface area (TPSA) is 128 Å². The lowest BCUT2D eigenvalue weighted by Crippen LogP contribution is -2.48. The van der Waals surface area contributed by atoms with E-state index in [0.29, 0.717) is 11.4 Å². The number of rotatable bonds is 9. The van der Waals surface area contributed by atoms with Crippen LogP contribution in [-0.4, -0.2) is 50.5 Å². The molecule has 0 fully saturated rings. The van der Waals surface area contributed by atoms with Crippen molar-refractivity contribution < 1.29 is 19.2 Å². The fraction of sp³-hybridized carbons (Fsp3) is 0.120. The van der Waals surface area contributed by atoms with E-state index in [2.05, 4.69) is 25.2 Å². The van der Waals surface area contributed by atoms with Gasteiger partial charge in [0, 0.05) is 25.0 Å². The third-order valence-electron chi connectivity index (χ3n) is 5.09. The molecule has 4 rings (SSSR count). The third-order valence-corrected chi connectivity index (χ3v) is 5.09. The molecule has 0 aliphatic rings. The molecular weight excluding hydrogens is 448 g/mol. The maximum Gasteiger partial charge on any atom is 0.313 e. The molecular formula is C25H22N6O4. The lowest BCUT2D eigenvalue weighted by Gasteiger charge is -2.18. The van der Waals surface area contributed by atoms with Crippen LogP contribution in [0.2, 0.25) is 0 Å². The zero-order valence-corrected chi connectivity index (χ0v) is 18.8. The van der Waals surface area contributed by atoms with E-state index in [9.17, 15) is 14.4 Å². The Morgan fingerprint density at radius 3 is 2.43 bits per heavy atom. The number of ketones is 1. The first-order valence-electron chi connectivity index (χ1n) is 10.7. The van der Waals surface area contributed by atoms with Gasteiger partial charge in [0.2, 0.25) is 5.78 Å². The van der Waals surface area contributed by atoms with Crippen LogP contribution in [0.3, 0.4) is 0 Å². The lowest BCUT2D eigenvalue weighted by atomic mass is 10.0. The molecule has 3 heterocycles. The number of pyridine rings is 2. The van der Waals surface area contributed by atoms with Crippen molar-refractivity contribution in [3.63, 3.8) is 0 Å². The number of nitrogens with zero attached hydrogens (tertiary/aromatic N) is 4. The maximum absolute atomic E-state index is 13.3. The van der Waals surface area contributed by atoms with Gasteiger partial charge in [-0.15, -0.1) is 0 Å². The zero-order valence-electron chi connectivity index (χ0n) is 18.8. The Labute approximate surface area is 200 Å². The van der Waals surface area contributed by atoms with Gasteiger partial charge in [0.25, 0.3) is 5.91 Å². The van der Waals surface area contributed by atoms with Crippen molar-refractivity contribution in [1.82, 2.24) is 30.5 Å². The highest BCUT2D eigenvalue weighted by atomic mass is 16.6. The molecule has 0 bridgehead atoms. The average molecular weight is 470 g/mol. The summed E-state index contributed by atoms with van der Waals surface area (Å²) in [5, 5.41) is 7.16. The van der Waals surface area contributed by atoms with Gasteiger partial charge < -0.3 is 5.32 Å². The molecule has 0 spiro atoms. The Morgan fingerprint density at radius 2 is 1.69 bits per heavy atom. The lowest BCUT2D eigenvalue weighted by molar-refractivity contribution is -0.145. The molecule has 0 aliphatic carbocycles. The summed E-state index contributed by atoms with van der Waals surface area (Å²) in [6.07, 6.45) is 4.98. The van der Waals surface area contributed by atoms with E-state index >= 15 is 0 Å². The second-order valence-corrected chi connectivity index (χ2v) is 7.45. The first-order chi connectivity index (χ1) is 17.1. The number of nitrogens with one attached hydrogen (secondary N) is 2. The van der Waals surface area contributed by atoms with Crippen LogP contribution in [0.1, 0.15) is 15.9 Å². The highest BCUT2D eigenvalue weighted by Crippen LogP contribution is 2.17. The smallest absolute Gasteiger partial charge is 0.313 e. The van der Waals surface area contributed by atoms with Crippen molar-refractivity contribution in [3.8, 4) is 17.2 Å². The number of aromatic nitrogens is 4. The van der Waals surface area contributed by atoms with E-state index in [1.165, 1.54) is 18.0 Å². The summed E-state index contributed by atoms with van der Waals surface area (Å²) < 4.78 is 1.46. The molecule has 1 aromatic carbocycles. The van der Waals surface area contributed by atoms with Gasteiger partial charge in [-0.25, -0.2) is 15.1 Å². The van der Waals surface area contributed by atoms with Gasteiger partial charge in [-0.2, -0.15) is 5.10 Å². The molecule has 0 aliphatic heterocycles. The predicted molar refractivity (Wildman–Crippen MR) is 126 cm³/mol. The average Bonchev–Trinajstić information content (AvgIpc) is 3.39. The number of carbonyl (C=O) groups excluding carboxylic acids is 3. The molecule has 35 heavy (non-hydrogen) atoms. The SMILES string of the molecule is CONC(=O)C(=O)C(Cc1ccccc1)NC(=O)c1cccnc1-n1ccc(-c2ccccn2)n1. The highest BCUT2D eigenvalue weighted by molar-refractivity contribution is 6.38. The van der Waals surface area contributed by atoms with E-state index in [0.717, 1.165) is 5.56 Å². The fourth-order valence-electron chi connectivity index (χ4n) is 3.45. The maximum atomic E-state index is 13.3.